The molecule has 1 aliphatic heterocycles. The second-order valence-electron chi connectivity index (χ2n) is 6.36. The van der Waals surface area contributed by atoms with E-state index in [0.29, 0.717) is 18.1 Å². The molecule has 0 radical (unpaired) electrons. The molecule has 1 atom stereocenters. The molecule has 0 aromatic heterocycles. The van der Waals surface area contributed by atoms with Gasteiger partial charge >= 0.3 is 6.09 Å². The molecule has 0 spiro atoms. The van der Waals surface area contributed by atoms with Gasteiger partial charge in [0.15, 0.2) is 0 Å². The molecule has 1 aromatic rings. The largest absolute Gasteiger partial charge is 0.444 e. The summed E-state index contributed by atoms with van der Waals surface area (Å²) in [5.41, 5.74) is 0.372. The van der Waals surface area contributed by atoms with E-state index in [4.69, 9.17) is 16.3 Å². The van der Waals surface area contributed by atoms with Crippen LogP contribution in [0.2, 0.25) is 5.02 Å². The average molecular weight is 322 g/mol. The number of halogens is 1. The Balaban J connectivity index is 1.85. The Labute approximate surface area is 135 Å². The number of carbonyl (C=O) groups excluding carboxylic acids is 1. The van der Waals surface area contributed by atoms with E-state index in [9.17, 15) is 10.1 Å². The Morgan fingerprint density at radius 3 is 2.50 bits per heavy atom. The summed E-state index contributed by atoms with van der Waals surface area (Å²) in [6.45, 7) is 6.60. The van der Waals surface area contributed by atoms with E-state index in [2.05, 4.69) is 11.4 Å². The summed E-state index contributed by atoms with van der Waals surface area (Å²) in [5, 5.41) is 13.2. The number of benzene rings is 1. The number of hydrogen-bond donors (Lipinski definition) is 1. The van der Waals surface area contributed by atoms with Gasteiger partial charge in [0.1, 0.15) is 11.6 Å². The minimum atomic E-state index is -0.492. The monoisotopic (exact) mass is 321 g/mol. The normalized spacial score (nSPS) is 16.6. The van der Waals surface area contributed by atoms with Crippen LogP contribution in [0, 0.1) is 11.3 Å². The maximum absolute atomic E-state index is 11.8. The summed E-state index contributed by atoms with van der Waals surface area (Å²) in [7, 11) is 0. The Kier molecular flexibility index (Phi) is 4.94. The number of ether oxygens (including phenoxy) is 1. The Morgan fingerprint density at radius 1 is 1.41 bits per heavy atom. The SMILES string of the molecule is CC(C)(C)OC(=O)N1CC(N[C@@H](C#N)c2ccc(Cl)cc2)C1. The molecule has 1 amide bonds. The zero-order valence-corrected chi connectivity index (χ0v) is 13.7. The van der Waals surface area contributed by atoms with Crippen molar-refractivity contribution in [1.82, 2.24) is 10.2 Å². The average Bonchev–Trinajstić information content (AvgIpc) is 2.37. The van der Waals surface area contributed by atoms with Crippen molar-refractivity contribution >= 4 is 17.7 Å². The highest BCUT2D eigenvalue weighted by atomic mass is 35.5. The van der Waals surface area contributed by atoms with E-state index in [-0.39, 0.29) is 12.1 Å². The number of nitriles is 1. The molecular weight excluding hydrogens is 302 g/mol. The van der Waals surface area contributed by atoms with E-state index in [1.54, 1.807) is 17.0 Å². The van der Waals surface area contributed by atoms with Crippen molar-refractivity contribution in [3.8, 4) is 6.07 Å². The number of hydrogen-bond acceptors (Lipinski definition) is 4. The van der Waals surface area contributed by atoms with Crippen molar-refractivity contribution in [1.29, 1.82) is 5.26 Å². The smallest absolute Gasteiger partial charge is 0.410 e. The molecule has 1 fully saturated rings. The van der Waals surface area contributed by atoms with Crippen LogP contribution in [0.3, 0.4) is 0 Å². The molecule has 6 heteroatoms. The molecule has 0 saturated carbocycles. The van der Waals surface area contributed by atoms with Crippen molar-refractivity contribution in [3.63, 3.8) is 0 Å². The van der Waals surface area contributed by atoms with Crippen LogP contribution in [-0.4, -0.2) is 35.7 Å². The highest BCUT2D eigenvalue weighted by Crippen LogP contribution is 2.20. The Morgan fingerprint density at radius 2 is 2.00 bits per heavy atom. The van der Waals surface area contributed by atoms with Gasteiger partial charge in [-0.15, -0.1) is 0 Å². The summed E-state index contributed by atoms with van der Waals surface area (Å²) in [5.74, 6) is 0. The molecule has 1 aliphatic rings. The van der Waals surface area contributed by atoms with Gasteiger partial charge in [-0.2, -0.15) is 5.26 Å². The van der Waals surface area contributed by atoms with Crippen LogP contribution >= 0.6 is 11.6 Å². The van der Waals surface area contributed by atoms with E-state index in [0.717, 1.165) is 5.56 Å². The number of nitrogens with one attached hydrogen (secondary N) is 1. The highest BCUT2D eigenvalue weighted by Gasteiger charge is 2.34. The molecule has 1 heterocycles. The van der Waals surface area contributed by atoms with E-state index < -0.39 is 11.6 Å². The number of carbonyl (C=O) groups is 1. The van der Waals surface area contributed by atoms with Gasteiger partial charge in [0.2, 0.25) is 0 Å². The Bertz CT molecular complexity index is 569. The zero-order chi connectivity index (χ0) is 16.3. The summed E-state index contributed by atoms with van der Waals surface area (Å²) in [6.07, 6.45) is -0.314. The van der Waals surface area contributed by atoms with Gasteiger partial charge in [0, 0.05) is 24.2 Å². The maximum atomic E-state index is 11.8. The van der Waals surface area contributed by atoms with Crippen LogP contribution in [0.1, 0.15) is 32.4 Å². The molecule has 5 nitrogen and oxygen atoms in total. The first-order chi connectivity index (χ1) is 10.3. The second kappa shape index (κ2) is 6.55. The third kappa shape index (κ3) is 4.36. The fraction of sp³-hybridized carbons (Fsp3) is 0.500. The first kappa shape index (κ1) is 16.6. The van der Waals surface area contributed by atoms with Gasteiger partial charge < -0.3 is 9.64 Å². The molecular formula is C16H20ClN3O2. The molecule has 1 saturated heterocycles. The molecule has 22 heavy (non-hydrogen) atoms. The number of likely N-dealkylation sites (tertiary alicyclic amines) is 1. The van der Waals surface area contributed by atoms with Crippen molar-refractivity contribution in [2.24, 2.45) is 0 Å². The molecule has 0 bridgehead atoms. The lowest BCUT2D eigenvalue weighted by Gasteiger charge is -2.41. The lowest BCUT2D eigenvalue weighted by molar-refractivity contribution is 0.00475. The summed E-state index contributed by atoms with van der Waals surface area (Å²) in [4.78, 5) is 13.5. The zero-order valence-electron chi connectivity index (χ0n) is 13.0. The first-order valence-corrected chi connectivity index (χ1v) is 7.55. The molecule has 1 N–H and O–H groups in total. The van der Waals surface area contributed by atoms with Gasteiger partial charge in [-0.25, -0.2) is 4.79 Å². The van der Waals surface area contributed by atoms with Crippen LogP contribution in [-0.2, 0) is 4.74 Å². The maximum Gasteiger partial charge on any atom is 0.410 e. The van der Waals surface area contributed by atoms with Crippen molar-refractivity contribution in [2.45, 2.75) is 38.5 Å². The lowest BCUT2D eigenvalue weighted by atomic mass is 10.0. The number of rotatable bonds is 3. The fourth-order valence-corrected chi connectivity index (χ4v) is 2.28. The third-order valence-electron chi connectivity index (χ3n) is 3.27. The predicted octanol–water partition coefficient (Wildman–Crippen LogP) is 3.11. The van der Waals surface area contributed by atoms with Crippen molar-refractivity contribution in [2.75, 3.05) is 13.1 Å². The van der Waals surface area contributed by atoms with Crippen LogP contribution in [0.5, 0.6) is 0 Å². The predicted molar refractivity (Wildman–Crippen MR) is 84.5 cm³/mol. The highest BCUT2D eigenvalue weighted by molar-refractivity contribution is 6.30. The topological polar surface area (TPSA) is 65.4 Å². The van der Waals surface area contributed by atoms with Crippen molar-refractivity contribution < 1.29 is 9.53 Å². The minimum absolute atomic E-state index is 0.0906. The van der Waals surface area contributed by atoms with E-state index in [1.165, 1.54) is 0 Å². The molecule has 0 aliphatic carbocycles. The summed E-state index contributed by atoms with van der Waals surface area (Å²) < 4.78 is 5.30. The van der Waals surface area contributed by atoms with Crippen LogP contribution in [0.25, 0.3) is 0 Å². The van der Waals surface area contributed by atoms with Crippen molar-refractivity contribution in [3.05, 3.63) is 34.9 Å². The molecule has 0 unspecified atom stereocenters. The summed E-state index contributed by atoms with van der Waals surface area (Å²) in [6, 6.07) is 9.08. The Hall–Kier alpha value is -1.77. The summed E-state index contributed by atoms with van der Waals surface area (Å²) >= 11 is 5.85. The molecule has 2 rings (SSSR count). The van der Waals surface area contributed by atoms with Crippen LogP contribution in [0.4, 0.5) is 4.79 Å². The number of amides is 1. The standard InChI is InChI=1S/C16H20ClN3O2/c1-16(2,3)22-15(21)20-9-13(10-20)19-14(8-18)11-4-6-12(17)7-5-11/h4-7,13-14,19H,9-10H2,1-3H3/t14-/m0/s1. The lowest BCUT2D eigenvalue weighted by Crippen LogP contribution is -2.60. The van der Waals surface area contributed by atoms with Gasteiger partial charge in [-0.1, -0.05) is 23.7 Å². The second-order valence-corrected chi connectivity index (χ2v) is 6.80. The molecule has 118 valence electrons. The van der Waals surface area contributed by atoms with Gasteiger partial charge in [-0.3, -0.25) is 5.32 Å². The molecule has 1 aromatic carbocycles. The fourth-order valence-electron chi connectivity index (χ4n) is 2.16. The quantitative estimate of drug-likeness (QED) is 0.929. The van der Waals surface area contributed by atoms with E-state index >= 15 is 0 Å². The van der Waals surface area contributed by atoms with Gasteiger partial charge in [-0.05, 0) is 38.5 Å². The van der Waals surface area contributed by atoms with Gasteiger partial charge in [0.25, 0.3) is 0 Å². The first-order valence-electron chi connectivity index (χ1n) is 7.17. The van der Waals surface area contributed by atoms with Crippen LogP contribution in [0.15, 0.2) is 24.3 Å². The third-order valence-corrected chi connectivity index (χ3v) is 3.52. The minimum Gasteiger partial charge on any atom is -0.444 e. The number of nitrogens with zero attached hydrogens (tertiary/aromatic N) is 2. The van der Waals surface area contributed by atoms with Crippen LogP contribution < -0.4 is 5.32 Å². The van der Waals surface area contributed by atoms with Gasteiger partial charge in [0.05, 0.1) is 6.07 Å². The van der Waals surface area contributed by atoms with E-state index in [1.807, 2.05) is 32.9 Å².